The van der Waals surface area contributed by atoms with Crippen LogP contribution in [0.15, 0.2) is 18.2 Å². The molecule has 0 aliphatic carbocycles. The molecule has 1 aromatic rings. The lowest BCUT2D eigenvalue weighted by Gasteiger charge is -2.38. The van der Waals surface area contributed by atoms with Gasteiger partial charge in [0.15, 0.2) is 0 Å². The summed E-state index contributed by atoms with van der Waals surface area (Å²) in [5, 5.41) is 8.75. The zero-order chi connectivity index (χ0) is 13.8. The van der Waals surface area contributed by atoms with Gasteiger partial charge in [0.1, 0.15) is 5.82 Å². The van der Waals surface area contributed by atoms with Crippen LogP contribution in [0.4, 0.5) is 4.39 Å². The Hall–Kier alpha value is -1.44. The van der Waals surface area contributed by atoms with Gasteiger partial charge in [0.2, 0.25) is 0 Å². The minimum Gasteiger partial charge on any atom is -0.327 e. The highest BCUT2D eigenvalue weighted by atomic mass is 19.1. The Balaban J connectivity index is 2.13. The summed E-state index contributed by atoms with van der Waals surface area (Å²) < 4.78 is 13.9. The van der Waals surface area contributed by atoms with Gasteiger partial charge in [-0.1, -0.05) is 12.5 Å². The second kappa shape index (κ2) is 6.14. The number of nitrogens with two attached hydrogens (primary N) is 1. The standard InChI is InChI=1S/C15H20FN3/c1-11(18)15-4-2-3-7-19(15)10-13-6-5-12(9-17)8-14(13)16/h5-6,8,11,15H,2-4,7,10,18H2,1H3. The van der Waals surface area contributed by atoms with Crippen LogP contribution in [-0.4, -0.2) is 23.5 Å². The maximum absolute atomic E-state index is 13.9. The van der Waals surface area contributed by atoms with Gasteiger partial charge in [-0.05, 0) is 38.4 Å². The van der Waals surface area contributed by atoms with Crippen molar-refractivity contribution >= 4 is 0 Å². The van der Waals surface area contributed by atoms with Crippen molar-refractivity contribution in [3.63, 3.8) is 0 Å². The number of halogens is 1. The first-order valence-corrected chi connectivity index (χ1v) is 6.80. The van der Waals surface area contributed by atoms with Gasteiger partial charge in [0.25, 0.3) is 0 Å². The molecule has 1 heterocycles. The molecule has 1 aromatic carbocycles. The molecule has 0 saturated carbocycles. The molecule has 0 spiro atoms. The molecule has 2 rings (SSSR count). The van der Waals surface area contributed by atoms with Crippen molar-refractivity contribution in [2.45, 2.75) is 44.8 Å². The van der Waals surface area contributed by atoms with E-state index in [1.54, 1.807) is 12.1 Å². The van der Waals surface area contributed by atoms with Crippen LogP contribution in [0.5, 0.6) is 0 Å². The highest BCUT2D eigenvalue weighted by Gasteiger charge is 2.25. The Labute approximate surface area is 113 Å². The normalized spacial score (nSPS) is 21.9. The van der Waals surface area contributed by atoms with Crippen LogP contribution in [0.3, 0.4) is 0 Å². The molecule has 4 heteroatoms. The fourth-order valence-corrected chi connectivity index (χ4v) is 2.77. The van der Waals surface area contributed by atoms with Crippen molar-refractivity contribution in [2.24, 2.45) is 5.73 Å². The number of hydrogen-bond acceptors (Lipinski definition) is 3. The highest BCUT2D eigenvalue weighted by Crippen LogP contribution is 2.22. The molecule has 2 N–H and O–H groups in total. The second-order valence-corrected chi connectivity index (χ2v) is 5.31. The Morgan fingerprint density at radius 1 is 1.53 bits per heavy atom. The van der Waals surface area contributed by atoms with Crippen molar-refractivity contribution in [3.8, 4) is 6.07 Å². The van der Waals surface area contributed by atoms with E-state index in [9.17, 15) is 4.39 Å². The predicted molar refractivity (Wildman–Crippen MR) is 72.8 cm³/mol. The van der Waals surface area contributed by atoms with Crippen molar-refractivity contribution < 1.29 is 4.39 Å². The number of nitrogens with zero attached hydrogens (tertiary/aromatic N) is 2. The Bertz CT molecular complexity index is 479. The van der Waals surface area contributed by atoms with E-state index < -0.39 is 0 Å². The van der Waals surface area contributed by atoms with Gasteiger partial charge in [-0.25, -0.2) is 4.39 Å². The van der Waals surface area contributed by atoms with Gasteiger partial charge >= 0.3 is 0 Å². The number of nitriles is 1. The summed E-state index contributed by atoms with van der Waals surface area (Å²) in [6.45, 7) is 3.55. The zero-order valence-corrected chi connectivity index (χ0v) is 11.3. The van der Waals surface area contributed by atoms with Crippen LogP contribution in [0, 0.1) is 17.1 Å². The second-order valence-electron chi connectivity index (χ2n) is 5.31. The summed E-state index contributed by atoms with van der Waals surface area (Å²) in [5.74, 6) is -0.298. The quantitative estimate of drug-likeness (QED) is 0.909. The Kier molecular flexibility index (Phi) is 4.52. The summed E-state index contributed by atoms with van der Waals surface area (Å²) in [6.07, 6.45) is 3.41. The molecule has 0 aromatic heterocycles. The molecule has 1 saturated heterocycles. The van der Waals surface area contributed by atoms with Crippen molar-refractivity contribution in [3.05, 3.63) is 35.1 Å². The van der Waals surface area contributed by atoms with Gasteiger partial charge in [0, 0.05) is 24.2 Å². The van der Waals surface area contributed by atoms with Gasteiger partial charge in [0.05, 0.1) is 11.6 Å². The fourth-order valence-electron chi connectivity index (χ4n) is 2.77. The van der Waals surface area contributed by atoms with Crippen LogP contribution in [-0.2, 0) is 6.54 Å². The number of hydrogen-bond donors (Lipinski definition) is 1. The first kappa shape index (κ1) is 14.0. The van der Waals surface area contributed by atoms with Crippen LogP contribution < -0.4 is 5.73 Å². The summed E-state index contributed by atoms with van der Waals surface area (Å²) in [4.78, 5) is 2.26. The minimum atomic E-state index is -0.298. The lowest BCUT2D eigenvalue weighted by atomic mass is 9.96. The minimum absolute atomic E-state index is 0.0988. The van der Waals surface area contributed by atoms with Gasteiger partial charge in [-0.2, -0.15) is 5.26 Å². The molecule has 102 valence electrons. The van der Waals surface area contributed by atoms with E-state index in [-0.39, 0.29) is 11.9 Å². The molecular weight excluding hydrogens is 241 g/mol. The molecule has 3 nitrogen and oxygen atoms in total. The average molecular weight is 261 g/mol. The van der Waals surface area contributed by atoms with Crippen LogP contribution >= 0.6 is 0 Å². The van der Waals surface area contributed by atoms with Crippen molar-refractivity contribution in [1.82, 2.24) is 4.90 Å². The average Bonchev–Trinajstić information content (AvgIpc) is 2.41. The molecule has 19 heavy (non-hydrogen) atoms. The summed E-state index contributed by atoms with van der Waals surface area (Å²) in [7, 11) is 0. The third kappa shape index (κ3) is 3.31. The first-order valence-electron chi connectivity index (χ1n) is 6.80. The lowest BCUT2D eigenvalue weighted by molar-refractivity contribution is 0.121. The smallest absolute Gasteiger partial charge is 0.129 e. The van der Waals surface area contributed by atoms with E-state index in [0.717, 1.165) is 19.4 Å². The molecule has 0 radical (unpaired) electrons. The molecule has 2 atom stereocenters. The predicted octanol–water partition coefficient (Wildman–Crippen LogP) is 2.40. The Morgan fingerprint density at radius 3 is 2.95 bits per heavy atom. The molecule has 1 fully saturated rings. The topological polar surface area (TPSA) is 53.0 Å². The van der Waals surface area contributed by atoms with Crippen LogP contribution in [0.25, 0.3) is 0 Å². The lowest BCUT2D eigenvalue weighted by Crippen LogP contribution is -2.48. The van der Waals surface area contributed by atoms with Gasteiger partial charge < -0.3 is 5.73 Å². The van der Waals surface area contributed by atoms with Crippen molar-refractivity contribution in [2.75, 3.05) is 6.54 Å². The number of piperidine rings is 1. The number of likely N-dealkylation sites (tertiary alicyclic amines) is 1. The summed E-state index contributed by atoms with van der Waals surface area (Å²) >= 11 is 0. The van der Waals surface area contributed by atoms with Crippen LogP contribution in [0.1, 0.15) is 37.3 Å². The van der Waals surface area contributed by atoms with Crippen LogP contribution in [0.2, 0.25) is 0 Å². The molecule has 0 bridgehead atoms. The maximum Gasteiger partial charge on any atom is 0.129 e. The highest BCUT2D eigenvalue weighted by molar-refractivity contribution is 5.32. The third-order valence-electron chi connectivity index (χ3n) is 3.83. The molecular formula is C15H20FN3. The fraction of sp³-hybridized carbons (Fsp3) is 0.533. The summed E-state index contributed by atoms with van der Waals surface area (Å²) in [6, 6.07) is 7.06. The van der Waals surface area contributed by atoms with E-state index in [1.807, 2.05) is 13.0 Å². The zero-order valence-electron chi connectivity index (χ0n) is 11.3. The van der Waals surface area contributed by atoms with E-state index in [1.165, 1.54) is 12.5 Å². The van der Waals surface area contributed by atoms with Gasteiger partial charge in [-0.15, -0.1) is 0 Å². The number of benzene rings is 1. The van der Waals surface area contributed by atoms with Gasteiger partial charge in [-0.3, -0.25) is 4.90 Å². The Morgan fingerprint density at radius 2 is 2.32 bits per heavy atom. The SMILES string of the molecule is CC(N)C1CCCCN1Cc1ccc(C#N)cc1F. The van der Waals surface area contributed by atoms with E-state index in [4.69, 9.17) is 11.0 Å². The molecule has 0 amide bonds. The van der Waals surface area contributed by atoms with E-state index >= 15 is 0 Å². The molecule has 1 aliphatic heterocycles. The molecule has 2 unspecified atom stereocenters. The maximum atomic E-state index is 13.9. The monoisotopic (exact) mass is 261 g/mol. The van der Waals surface area contributed by atoms with E-state index in [2.05, 4.69) is 4.90 Å². The first-order chi connectivity index (χ1) is 9.11. The third-order valence-corrected chi connectivity index (χ3v) is 3.83. The van der Waals surface area contributed by atoms with Crippen molar-refractivity contribution in [1.29, 1.82) is 5.26 Å². The molecule has 1 aliphatic rings. The number of rotatable bonds is 3. The summed E-state index contributed by atoms with van der Waals surface area (Å²) in [5.41, 5.74) is 7.03. The largest absolute Gasteiger partial charge is 0.327 e. The van der Waals surface area contributed by atoms with E-state index in [0.29, 0.717) is 23.7 Å².